The van der Waals surface area contributed by atoms with E-state index in [-0.39, 0.29) is 0 Å². The Bertz CT molecular complexity index is 154. The smallest absolute Gasteiger partial charge is 0.0675 e. The van der Waals surface area contributed by atoms with E-state index in [9.17, 15) is 0 Å². The molecule has 11 heavy (non-hydrogen) atoms. The van der Waals surface area contributed by atoms with E-state index in [1.165, 1.54) is 12.8 Å². The summed E-state index contributed by atoms with van der Waals surface area (Å²) in [5.41, 5.74) is 1.09. The molecule has 0 bridgehead atoms. The molecule has 1 aliphatic rings. The average Bonchev–Trinajstić information content (AvgIpc) is 2.70. The van der Waals surface area contributed by atoms with Crippen molar-refractivity contribution in [3.05, 3.63) is 24.3 Å². The van der Waals surface area contributed by atoms with Gasteiger partial charge < -0.3 is 4.74 Å². The van der Waals surface area contributed by atoms with E-state index in [1.54, 1.807) is 0 Å². The third-order valence-electron chi connectivity index (χ3n) is 1.59. The van der Waals surface area contributed by atoms with Crippen LogP contribution in [0, 0.1) is 5.92 Å². The number of hydrogen-bond acceptors (Lipinski definition) is 1. The second kappa shape index (κ2) is 4.35. The van der Waals surface area contributed by atoms with E-state index in [2.05, 4.69) is 18.7 Å². The summed E-state index contributed by atoms with van der Waals surface area (Å²) in [4.78, 5) is 0. The fourth-order valence-electron chi connectivity index (χ4n) is 0.838. The fraction of sp³-hybridized carbons (Fsp3) is 0.600. The van der Waals surface area contributed by atoms with E-state index < -0.39 is 0 Å². The monoisotopic (exact) mass is 152 g/mol. The molecule has 1 rings (SSSR count). The zero-order chi connectivity index (χ0) is 8.10. The molecule has 1 saturated carbocycles. The highest BCUT2D eigenvalue weighted by molar-refractivity contribution is 4.96. The first-order chi connectivity index (χ1) is 5.29. The molecule has 0 unspecified atom stereocenters. The summed E-state index contributed by atoms with van der Waals surface area (Å²) < 4.78 is 5.29. The molecular formula is C10H16O. The van der Waals surface area contributed by atoms with Crippen LogP contribution in [0.4, 0.5) is 0 Å². The molecule has 1 aliphatic carbocycles. The summed E-state index contributed by atoms with van der Waals surface area (Å²) in [6.07, 6.45) is 7.10. The minimum atomic E-state index is 0.689. The average molecular weight is 152 g/mol. The van der Waals surface area contributed by atoms with Crippen molar-refractivity contribution in [2.24, 2.45) is 5.92 Å². The van der Waals surface area contributed by atoms with Gasteiger partial charge in [0.05, 0.1) is 13.2 Å². The fourth-order valence-corrected chi connectivity index (χ4v) is 0.838. The number of allylic oxidation sites excluding steroid dienone is 1. The Hall–Kier alpha value is -0.560. The Morgan fingerprint density at radius 1 is 1.64 bits per heavy atom. The standard InChI is InChI=1S/C10H16O/c1-9(2)8-11-7-3-4-10-5-6-10/h3-4,10H,1,5-8H2,2H3/b4-3+. The van der Waals surface area contributed by atoms with Crippen LogP contribution in [0.3, 0.4) is 0 Å². The summed E-state index contributed by atoms with van der Waals surface area (Å²) in [5, 5.41) is 0. The van der Waals surface area contributed by atoms with Gasteiger partial charge in [-0.3, -0.25) is 0 Å². The molecule has 62 valence electrons. The summed E-state index contributed by atoms with van der Waals surface area (Å²) in [5.74, 6) is 0.864. The Labute approximate surface area is 68.8 Å². The third-order valence-corrected chi connectivity index (χ3v) is 1.59. The molecule has 0 heterocycles. The van der Waals surface area contributed by atoms with Crippen LogP contribution in [0.5, 0.6) is 0 Å². The number of hydrogen-bond donors (Lipinski definition) is 0. The first-order valence-corrected chi connectivity index (χ1v) is 4.18. The summed E-state index contributed by atoms with van der Waals surface area (Å²) in [6.45, 7) is 7.16. The van der Waals surface area contributed by atoms with Gasteiger partial charge in [-0.1, -0.05) is 24.3 Å². The molecule has 1 heteroatoms. The van der Waals surface area contributed by atoms with Gasteiger partial charge in [0.25, 0.3) is 0 Å². The van der Waals surface area contributed by atoms with E-state index in [1.807, 2.05) is 6.92 Å². The van der Waals surface area contributed by atoms with Crippen LogP contribution in [-0.2, 0) is 4.74 Å². The first-order valence-electron chi connectivity index (χ1n) is 4.18. The summed E-state index contributed by atoms with van der Waals surface area (Å²) in [6, 6.07) is 0. The molecule has 0 aliphatic heterocycles. The van der Waals surface area contributed by atoms with Crippen molar-refractivity contribution in [1.29, 1.82) is 0 Å². The zero-order valence-corrected chi connectivity index (χ0v) is 7.18. The molecule has 0 aromatic carbocycles. The molecule has 0 aromatic heterocycles. The predicted octanol–water partition coefficient (Wildman–Crippen LogP) is 2.55. The Morgan fingerprint density at radius 3 is 2.91 bits per heavy atom. The lowest BCUT2D eigenvalue weighted by Crippen LogP contribution is -1.94. The number of ether oxygens (including phenoxy) is 1. The highest BCUT2D eigenvalue weighted by Gasteiger charge is 2.16. The maximum Gasteiger partial charge on any atom is 0.0675 e. The predicted molar refractivity (Wildman–Crippen MR) is 47.5 cm³/mol. The second-order valence-electron chi connectivity index (χ2n) is 3.24. The summed E-state index contributed by atoms with van der Waals surface area (Å²) in [7, 11) is 0. The minimum Gasteiger partial charge on any atom is -0.373 e. The normalized spacial score (nSPS) is 17.5. The second-order valence-corrected chi connectivity index (χ2v) is 3.24. The van der Waals surface area contributed by atoms with Crippen LogP contribution >= 0.6 is 0 Å². The van der Waals surface area contributed by atoms with Gasteiger partial charge in [0, 0.05) is 0 Å². The van der Waals surface area contributed by atoms with Gasteiger partial charge in [0.15, 0.2) is 0 Å². The van der Waals surface area contributed by atoms with Crippen LogP contribution in [0.15, 0.2) is 24.3 Å². The lowest BCUT2D eigenvalue weighted by molar-refractivity contribution is 0.187. The van der Waals surface area contributed by atoms with Gasteiger partial charge in [-0.05, 0) is 25.7 Å². The van der Waals surface area contributed by atoms with E-state index in [4.69, 9.17) is 4.74 Å². The zero-order valence-electron chi connectivity index (χ0n) is 7.18. The molecule has 0 amide bonds. The van der Waals surface area contributed by atoms with Crippen molar-refractivity contribution in [2.45, 2.75) is 19.8 Å². The lowest BCUT2D eigenvalue weighted by atomic mass is 10.4. The first kappa shape index (κ1) is 8.54. The highest BCUT2D eigenvalue weighted by Crippen LogP contribution is 2.29. The minimum absolute atomic E-state index is 0.689. The van der Waals surface area contributed by atoms with Crippen molar-refractivity contribution in [1.82, 2.24) is 0 Å². The van der Waals surface area contributed by atoms with E-state index in [0.29, 0.717) is 6.61 Å². The molecule has 0 radical (unpaired) electrons. The van der Waals surface area contributed by atoms with Crippen molar-refractivity contribution in [3.8, 4) is 0 Å². The van der Waals surface area contributed by atoms with Crippen molar-refractivity contribution >= 4 is 0 Å². The number of rotatable bonds is 5. The molecule has 0 saturated heterocycles. The van der Waals surface area contributed by atoms with Gasteiger partial charge in [0.1, 0.15) is 0 Å². The quantitative estimate of drug-likeness (QED) is 0.434. The van der Waals surface area contributed by atoms with Gasteiger partial charge >= 0.3 is 0 Å². The van der Waals surface area contributed by atoms with Crippen LogP contribution in [-0.4, -0.2) is 13.2 Å². The Morgan fingerprint density at radius 2 is 2.36 bits per heavy atom. The molecule has 1 fully saturated rings. The topological polar surface area (TPSA) is 9.23 Å². The van der Waals surface area contributed by atoms with E-state index in [0.717, 1.165) is 18.1 Å². The Kier molecular flexibility index (Phi) is 3.37. The van der Waals surface area contributed by atoms with Crippen molar-refractivity contribution in [2.75, 3.05) is 13.2 Å². The molecule has 0 aromatic rings. The largest absolute Gasteiger partial charge is 0.373 e. The van der Waals surface area contributed by atoms with Crippen LogP contribution < -0.4 is 0 Å². The summed E-state index contributed by atoms with van der Waals surface area (Å²) >= 11 is 0. The van der Waals surface area contributed by atoms with Gasteiger partial charge in [-0.25, -0.2) is 0 Å². The van der Waals surface area contributed by atoms with Gasteiger partial charge in [0.2, 0.25) is 0 Å². The Balaban J connectivity index is 1.90. The molecule has 1 nitrogen and oxygen atoms in total. The highest BCUT2D eigenvalue weighted by atomic mass is 16.5. The molecular weight excluding hydrogens is 136 g/mol. The van der Waals surface area contributed by atoms with Crippen molar-refractivity contribution in [3.63, 3.8) is 0 Å². The van der Waals surface area contributed by atoms with Crippen LogP contribution in [0.2, 0.25) is 0 Å². The third kappa shape index (κ3) is 4.79. The van der Waals surface area contributed by atoms with E-state index >= 15 is 0 Å². The maximum absolute atomic E-state index is 5.29. The SMILES string of the molecule is C=C(C)COC/C=C/C1CC1. The maximum atomic E-state index is 5.29. The van der Waals surface area contributed by atoms with Gasteiger partial charge in [-0.2, -0.15) is 0 Å². The lowest BCUT2D eigenvalue weighted by Gasteiger charge is -1.97. The molecule has 0 atom stereocenters. The van der Waals surface area contributed by atoms with Crippen LogP contribution in [0.1, 0.15) is 19.8 Å². The molecule has 0 N–H and O–H groups in total. The van der Waals surface area contributed by atoms with Crippen molar-refractivity contribution < 1.29 is 4.74 Å². The van der Waals surface area contributed by atoms with Gasteiger partial charge in [-0.15, -0.1) is 0 Å². The van der Waals surface area contributed by atoms with Crippen LogP contribution in [0.25, 0.3) is 0 Å². The molecule has 0 spiro atoms.